The highest BCUT2D eigenvalue weighted by Gasteiger charge is 2.30. The molecule has 2 N–H and O–H groups in total. The predicted molar refractivity (Wildman–Crippen MR) is 60.8 cm³/mol. The van der Waals surface area contributed by atoms with Gasteiger partial charge in [-0.2, -0.15) is 18.3 Å². The quantitative estimate of drug-likeness (QED) is 0.910. The van der Waals surface area contributed by atoms with E-state index >= 15 is 0 Å². The highest BCUT2D eigenvalue weighted by Crippen LogP contribution is 2.30. The summed E-state index contributed by atoms with van der Waals surface area (Å²) < 4.78 is 62.6. The van der Waals surface area contributed by atoms with Crippen molar-refractivity contribution >= 4 is 15.7 Å². The Bertz CT molecular complexity index is 648. The number of aromatic amines is 1. The van der Waals surface area contributed by atoms with Gasteiger partial charge in [0, 0.05) is 11.9 Å². The van der Waals surface area contributed by atoms with Crippen LogP contribution in [0.3, 0.4) is 0 Å². The van der Waals surface area contributed by atoms with E-state index in [0.717, 1.165) is 36.7 Å². The molecule has 1 aromatic heterocycles. The van der Waals surface area contributed by atoms with Gasteiger partial charge in [-0.05, 0) is 24.3 Å². The number of nitrogens with zero attached hydrogens (tertiary/aromatic N) is 1. The Balaban J connectivity index is 2.21. The number of rotatable bonds is 3. The zero-order chi connectivity index (χ0) is 14.1. The van der Waals surface area contributed by atoms with Crippen LogP contribution in [0, 0.1) is 0 Å². The van der Waals surface area contributed by atoms with Crippen molar-refractivity contribution in [2.75, 3.05) is 4.72 Å². The Morgan fingerprint density at radius 2 is 1.79 bits per heavy atom. The number of anilines is 1. The summed E-state index contributed by atoms with van der Waals surface area (Å²) in [6, 6.07) is 3.68. The van der Waals surface area contributed by atoms with Crippen molar-refractivity contribution in [1.82, 2.24) is 10.2 Å². The van der Waals surface area contributed by atoms with Crippen LogP contribution in [0.25, 0.3) is 0 Å². The van der Waals surface area contributed by atoms with Crippen molar-refractivity contribution in [3.05, 3.63) is 42.2 Å². The average molecular weight is 291 g/mol. The molecule has 1 aromatic carbocycles. The first-order valence-corrected chi connectivity index (χ1v) is 6.46. The summed E-state index contributed by atoms with van der Waals surface area (Å²) in [7, 11) is -3.84. The highest BCUT2D eigenvalue weighted by molar-refractivity contribution is 7.92. The highest BCUT2D eigenvalue weighted by atomic mass is 32.2. The second-order valence-corrected chi connectivity index (χ2v) is 5.30. The zero-order valence-electron chi connectivity index (χ0n) is 9.27. The van der Waals surface area contributed by atoms with E-state index < -0.39 is 21.8 Å². The standard InChI is InChI=1S/C10H8F3N3O2S/c11-10(12,13)7-1-3-8(4-2-7)16-19(17,18)9-5-14-15-6-9/h1-6,16H,(H,14,15). The normalized spacial score (nSPS) is 12.4. The number of H-pyrrole nitrogens is 1. The predicted octanol–water partition coefficient (Wildman–Crippen LogP) is 2.23. The van der Waals surface area contributed by atoms with Crippen LogP contribution in [-0.4, -0.2) is 18.6 Å². The van der Waals surface area contributed by atoms with Crippen molar-refractivity contribution in [3.8, 4) is 0 Å². The largest absolute Gasteiger partial charge is 0.416 e. The van der Waals surface area contributed by atoms with E-state index in [2.05, 4.69) is 14.9 Å². The maximum Gasteiger partial charge on any atom is 0.416 e. The number of hydrogen-bond acceptors (Lipinski definition) is 3. The third-order valence-corrected chi connectivity index (χ3v) is 3.60. The molecule has 19 heavy (non-hydrogen) atoms. The lowest BCUT2D eigenvalue weighted by Crippen LogP contribution is -2.12. The molecule has 0 aliphatic carbocycles. The molecule has 2 rings (SSSR count). The fourth-order valence-electron chi connectivity index (χ4n) is 1.33. The van der Waals surface area contributed by atoms with Crippen LogP contribution in [-0.2, 0) is 16.2 Å². The number of benzene rings is 1. The van der Waals surface area contributed by atoms with Gasteiger partial charge in [-0.1, -0.05) is 0 Å². The lowest BCUT2D eigenvalue weighted by atomic mass is 10.2. The van der Waals surface area contributed by atoms with Crippen molar-refractivity contribution in [1.29, 1.82) is 0 Å². The second kappa shape index (κ2) is 4.57. The van der Waals surface area contributed by atoms with Gasteiger partial charge < -0.3 is 0 Å². The van der Waals surface area contributed by atoms with E-state index in [1.165, 1.54) is 0 Å². The first-order valence-electron chi connectivity index (χ1n) is 4.98. The van der Waals surface area contributed by atoms with Gasteiger partial charge in [0.2, 0.25) is 0 Å². The van der Waals surface area contributed by atoms with E-state index in [1.54, 1.807) is 0 Å². The van der Waals surface area contributed by atoms with Gasteiger partial charge in [-0.3, -0.25) is 9.82 Å². The first-order chi connectivity index (χ1) is 8.79. The average Bonchev–Trinajstić information content (AvgIpc) is 2.82. The first kappa shape index (κ1) is 13.4. The smallest absolute Gasteiger partial charge is 0.284 e. The minimum atomic E-state index is -4.46. The van der Waals surface area contributed by atoms with E-state index in [-0.39, 0.29) is 10.6 Å². The van der Waals surface area contributed by atoms with Crippen LogP contribution in [0.1, 0.15) is 5.56 Å². The van der Waals surface area contributed by atoms with Crippen LogP contribution in [0.2, 0.25) is 0 Å². The molecule has 0 fully saturated rings. The van der Waals surface area contributed by atoms with Gasteiger partial charge in [-0.25, -0.2) is 8.42 Å². The van der Waals surface area contributed by atoms with Crippen molar-refractivity contribution < 1.29 is 21.6 Å². The number of halogens is 3. The molecular weight excluding hydrogens is 283 g/mol. The number of aromatic nitrogens is 2. The molecule has 0 saturated heterocycles. The molecule has 0 unspecified atom stereocenters. The topological polar surface area (TPSA) is 74.8 Å². The van der Waals surface area contributed by atoms with Crippen molar-refractivity contribution in [2.45, 2.75) is 11.1 Å². The van der Waals surface area contributed by atoms with E-state index in [1.807, 2.05) is 0 Å². The van der Waals surface area contributed by atoms with Crippen molar-refractivity contribution in [3.63, 3.8) is 0 Å². The minimum Gasteiger partial charge on any atom is -0.284 e. The molecular formula is C10H8F3N3O2S. The molecule has 0 aliphatic heterocycles. The molecule has 0 atom stereocenters. The summed E-state index contributed by atoms with van der Waals surface area (Å²) in [5.41, 5.74) is -0.812. The van der Waals surface area contributed by atoms with Gasteiger partial charge in [0.05, 0.1) is 11.8 Å². The van der Waals surface area contributed by atoms with Gasteiger partial charge in [0.15, 0.2) is 0 Å². The summed E-state index contributed by atoms with van der Waals surface area (Å²) in [6.45, 7) is 0. The third kappa shape index (κ3) is 3.05. The molecule has 0 radical (unpaired) electrons. The molecule has 102 valence electrons. The number of hydrogen-bond donors (Lipinski definition) is 2. The summed E-state index contributed by atoms with van der Waals surface area (Å²) in [5.74, 6) is 0. The maximum atomic E-state index is 12.3. The summed E-state index contributed by atoms with van der Waals surface area (Å²) >= 11 is 0. The number of alkyl halides is 3. The Morgan fingerprint density at radius 1 is 1.16 bits per heavy atom. The number of sulfonamides is 1. The van der Waals surface area contributed by atoms with E-state index in [4.69, 9.17) is 0 Å². The SMILES string of the molecule is O=S(=O)(Nc1ccc(C(F)(F)F)cc1)c1cn[nH]c1. The van der Waals surface area contributed by atoms with Crippen LogP contribution in [0.4, 0.5) is 18.9 Å². The molecule has 0 saturated carbocycles. The molecule has 0 aliphatic rings. The van der Waals surface area contributed by atoms with Gasteiger partial charge in [0.25, 0.3) is 10.0 Å². The summed E-state index contributed by atoms with van der Waals surface area (Å²) in [5, 5.41) is 5.82. The van der Waals surface area contributed by atoms with Gasteiger partial charge in [0.1, 0.15) is 4.90 Å². The molecule has 0 amide bonds. The Hall–Kier alpha value is -2.03. The third-order valence-electron chi connectivity index (χ3n) is 2.25. The Morgan fingerprint density at radius 3 is 2.26 bits per heavy atom. The fraction of sp³-hybridized carbons (Fsp3) is 0.100. The molecule has 9 heteroatoms. The molecule has 1 heterocycles. The van der Waals surface area contributed by atoms with Crippen LogP contribution in [0.5, 0.6) is 0 Å². The summed E-state index contributed by atoms with van der Waals surface area (Å²) in [4.78, 5) is -0.104. The molecule has 0 bridgehead atoms. The molecule has 2 aromatic rings. The van der Waals surface area contributed by atoms with Crippen LogP contribution in [0.15, 0.2) is 41.6 Å². The lowest BCUT2D eigenvalue weighted by Gasteiger charge is -2.09. The van der Waals surface area contributed by atoms with Crippen molar-refractivity contribution in [2.24, 2.45) is 0 Å². The minimum absolute atomic E-state index is 0.0363. The lowest BCUT2D eigenvalue weighted by molar-refractivity contribution is -0.137. The number of nitrogens with one attached hydrogen (secondary N) is 2. The fourth-order valence-corrected chi connectivity index (χ4v) is 2.29. The maximum absolute atomic E-state index is 12.3. The van der Waals surface area contributed by atoms with E-state index in [9.17, 15) is 21.6 Å². The Labute approximate surface area is 106 Å². The second-order valence-electron chi connectivity index (χ2n) is 3.61. The van der Waals surface area contributed by atoms with Crippen LogP contribution < -0.4 is 4.72 Å². The summed E-state index contributed by atoms with van der Waals surface area (Å²) in [6.07, 6.45) is -2.21. The molecule has 0 spiro atoms. The Kier molecular flexibility index (Phi) is 3.23. The van der Waals surface area contributed by atoms with Crippen LogP contribution >= 0.6 is 0 Å². The van der Waals surface area contributed by atoms with E-state index in [0.29, 0.717) is 0 Å². The monoisotopic (exact) mass is 291 g/mol. The zero-order valence-corrected chi connectivity index (χ0v) is 10.1. The molecule has 5 nitrogen and oxygen atoms in total. The van der Waals surface area contributed by atoms with Gasteiger partial charge in [-0.15, -0.1) is 0 Å². The van der Waals surface area contributed by atoms with Gasteiger partial charge >= 0.3 is 6.18 Å².